The maximum absolute atomic E-state index is 9.83. The molecule has 0 radical (unpaired) electrons. The second kappa shape index (κ2) is 5.46. The van der Waals surface area contributed by atoms with Crippen LogP contribution in [0.1, 0.15) is 36.8 Å². The van der Waals surface area contributed by atoms with E-state index in [0.717, 1.165) is 19.4 Å². The number of hydrogen-bond donors (Lipinski definition) is 2. The van der Waals surface area contributed by atoms with Crippen LogP contribution in [0.25, 0.3) is 0 Å². The van der Waals surface area contributed by atoms with Gasteiger partial charge >= 0.3 is 0 Å². The van der Waals surface area contributed by atoms with Gasteiger partial charge in [0.05, 0.1) is 6.10 Å². The smallest absolute Gasteiger partial charge is 0.0693 e. The Balaban J connectivity index is 1.84. The summed E-state index contributed by atoms with van der Waals surface area (Å²) in [5, 5.41) is 13.3. The van der Waals surface area contributed by atoms with E-state index in [9.17, 15) is 5.11 Å². The fraction of sp³-hybridized carbons (Fsp3) is 0.571. The van der Waals surface area contributed by atoms with Crippen molar-refractivity contribution in [1.29, 1.82) is 0 Å². The van der Waals surface area contributed by atoms with E-state index in [2.05, 4.69) is 36.5 Å². The lowest BCUT2D eigenvalue weighted by atomic mass is 9.92. The molecule has 0 aliphatic heterocycles. The lowest BCUT2D eigenvalue weighted by molar-refractivity contribution is 0.0902. The molecule has 1 aliphatic rings. The minimum absolute atomic E-state index is 0.154. The molecule has 0 bridgehead atoms. The zero-order chi connectivity index (χ0) is 11.4. The van der Waals surface area contributed by atoms with Crippen LogP contribution >= 0.6 is 0 Å². The normalized spacial score (nSPS) is 25.6. The predicted molar refractivity (Wildman–Crippen MR) is 66.3 cm³/mol. The Morgan fingerprint density at radius 1 is 1.19 bits per heavy atom. The molecule has 16 heavy (non-hydrogen) atoms. The van der Waals surface area contributed by atoms with Crippen molar-refractivity contribution in [3.63, 3.8) is 0 Å². The maximum atomic E-state index is 9.83. The summed E-state index contributed by atoms with van der Waals surface area (Å²) in [6, 6.07) is 8.85. The molecule has 0 unspecified atom stereocenters. The maximum Gasteiger partial charge on any atom is 0.0693 e. The highest BCUT2D eigenvalue weighted by atomic mass is 16.3. The molecule has 0 spiro atoms. The first-order valence-electron chi connectivity index (χ1n) is 6.23. The van der Waals surface area contributed by atoms with Gasteiger partial charge in [0.25, 0.3) is 0 Å². The van der Waals surface area contributed by atoms with Gasteiger partial charge in [-0.2, -0.15) is 0 Å². The first-order valence-corrected chi connectivity index (χ1v) is 6.23. The van der Waals surface area contributed by atoms with Crippen LogP contribution in [0.4, 0.5) is 0 Å². The Kier molecular flexibility index (Phi) is 3.97. The molecular weight excluding hydrogens is 198 g/mol. The van der Waals surface area contributed by atoms with Gasteiger partial charge in [-0.05, 0) is 25.3 Å². The second-order valence-electron chi connectivity index (χ2n) is 4.82. The molecule has 1 fully saturated rings. The number of aliphatic hydroxyl groups is 1. The average molecular weight is 219 g/mol. The van der Waals surface area contributed by atoms with Crippen LogP contribution in [0, 0.1) is 6.92 Å². The molecule has 2 N–H and O–H groups in total. The number of aryl methyl sites for hydroxylation is 1. The molecule has 2 atom stereocenters. The number of nitrogens with one attached hydrogen (secondary N) is 1. The van der Waals surface area contributed by atoms with Crippen molar-refractivity contribution in [2.24, 2.45) is 0 Å². The fourth-order valence-electron chi connectivity index (χ4n) is 2.30. The first kappa shape index (κ1) is 11.6. The van der Waals surface area contributed by atoms with E-state index in [1.807, 2.05) is 0 Å². The summed E-state index contributed by atoms with van der Waals surface area (Å²) in [7, 11) is 0. The summed E-state index contributed by atoms with van der Waals surface area (Å²) in [6.07, 6.45) is 4.31. The van der Waals surface area contributed by atoms with Crippen LogP contribution < -0.4 is 5.32 Å². The molecule has 1 aliphatic carbocycles. The molecule has 1 saturated carbocycles. The number of benzene rings is 1. The minimum Gasteiger partial charge on any atom is -0.392 e. The zero-order valence-electron chi connectivity index (χ0n) is 9.95. The van der Waals surface area contributed by atoms with Crippen LogP contribution in [-0.2, 0) is 6.54 Å². The van der Waals surface area contributed by atoms with Crippen LogP contribution in [0.15, 0.2) is 24.3 Å². The van der Waals surface area contributed by atoms with Gasteiger partial charge in [0.2, 0.25) is 0 Å². The topological polar surface area (TPSA) is 32.3 Å². The summed E-state index contributed by atoms with van der Waals surface area (Å²) in [6.45, 7) is 2.96. The molecule has 2 nitrogen and oxygen atoms in total. The number of aliphatic hydroxyl groups excluding tert-OH is 1. The molecule has 2 heteroatoms. The summed E-state index contributed by atoms with van der Waals surface area (Å²) < 4.78 is 0. The molecular formula is C14H21NO. The Bertz CT molecular complexity index is 320. The largest absolute Gasteiger partial charge is 0.392 e. The fourth-order valence-corrected chi connectivity index (χ4v) is 2.30. The molecule has 0 heterocycles. The summed E-state index contributed by atoms with van der Waals surface area (Å²) in [5.74, 6) is 0. The van der Waals surface area contributed by atoms with E-state index in [4.69, 9.17) is 0 Å². The Morgan fingerprint density at radius 2 is 1.88 bits per heavy atom. The Hall–Kier alpha value is -0.860. The van der Waals surface area contributed by atoms with Gasteiger partial charge < -0.3 is 10.4 Å². The third-order valence-electron chi connectivity index (χ3n) is 3.42. The monoisotopic (exact) mass is 219 g/mol. The van der Waals surface area contributed by atoms with Crippen LogP contribution in [0.5, 0.6) is 0 Å². The van der Waals surface area contributed by atoms with Crippen molar-refractivity contribution in [3.8, 4) is 0 Å². The molecule has 1 aromatic rings. The Morgan fingerprint density at radius 3 is 2.56 bits per heavy atom. The Labute approximate surface area is 97.7 Å². The highest BCUT2D eigenvalue weighted by Crippen LogP contribution is 2.18. The molecule has 2 rings (SSSR count). The first-order chi connectivity index (χ1) is 7.75. The summed E-state index contributed by atoms with van der Waals surface area (Å²) >= 11 is 0. The van der Waals surface area contributed by atoms with Gasteiger partial charge in [-0.15, -0.1) is 0 Å². The molecule has 0 aromatic heterocycles. The van der Waals surface area contributed by atoms with E-state index in [1.54, 1.807) is 0 Å². The van der Waals surface area contributed by atoms with Gasteiger partial charge in [-0.25, -0.2) is 0 Å². The second-order valence-corrected chi connectivity index (χ2v) is 4.82. The lowest BCUT2D eigenvalue weighted by Gasteiger charge is -2.28. The van der Waals surface area contributed by atoms with Gasteiger partial charge in [0, 0.05) is 12.6 Å². The summed E-state index contributed by atoms with van der Waals surface area (Å²) in [4.78, 5) is 0. The van der Waals surface area contributed by atoms with E-state index in [0.29, 0.717) is 0 Å². The number of hydrogen-bond acceptors (Lipinski definition) is 2. The van der Waals surface area contributed by atoms with E-state index in [1.165, 1.54) is 24.0 Å². The van der Waals surface area contributed by atoms with Crippen molar-refractivity contribution in [2.45, 2.75) is 51.3 Å². The van der Waals surface area contributed by atoms with Gasteiger partial charge in [-0.3, -0.25) is 0 Å². The molecule has 0 saturated heterocycles. The highest BCUT2D eigenvalue weighted by Gasteiger charge is 2.21. The van der Waals surface area contributed by atoms with Gasteiger partial charge in [-0.1, -0.05) is 42.7 Å². The van der Waals surface area contributed by atoms with Crippen molar-refractivity contribution < 1.29 is 5.11 Å². The van der Waals surface area contributed by atoms with E-state index in [-0.39, 0.29) is 12.1 Å². The van der Waals surface area contributed by atoms with Gasteiger partial charge in [0.1, 0.15) is 0 Å². The minimum atomic E-state index is -0.154. The van der Waals surface area contributed by atoms with Crippen LogP contribution in [0.2, 0.25) is 0 Å². The van der Waals surface area contributed by atoms with Crippen molar-refractivity contribution >= 4 is 0 Å². The summed E-state index contributed by atoms with van der Waals surface area (Å²) in [5.41, 5.74) is 2.59. The van der Waals surface area contributed by atoms with Crippen molar-refractivity contribution in [3.05, 3.63) is 35.4 Å². The number of rotatable bonds is 3. The molecule has 0 amide bonds. The third kappa shape index (κ3) is 3.06. The molecule has 88 valence electrons. The standard InChI is InChI=1S/C14H21NO/c1-11-6-8-12(9-7-11)10-15-13-4-2-3-5-14(13)16/h6-9,13-16H,2-5,10H2,1H3/t13-,14-/m0/s1. The van der Waals surface area contributed by atoms with Gasteiger partial charge in [0.15, 0.2) is 0 Å². The highest BCUT2D eigenvalue weighted by molar-refractivity contribution is 5.21. The predicted octanol–water partition coefficient (Wildman–Crippen LogP) is 2.39. The lowest BCUT2D eigenvalue weighted by Crippen LogP contribution is -2.41. The van der Waals surface area contributed by atoms with Crippen molar-refractivity contribution in [2.75, 3.05) is 0 Å². The van der Waals surface area contributed by atoms with Crippen LogP contribution in [-0.4, -0.2) is 17.3 Å². The average Bonchev–Trinajstić information content (AvgIpc) is 2.30. The zero-order valence-corrected chi connectivity index (χ0v) is 9.95. The third-order valence-corrected chi connectivity index (χ3v) is 3.42. The quantitative estimate of drug-likeness (QED) is 0.818. The van der Waals surface area contributed by atoms with Crippen molar-refractivity contribution in [1.82, 2.24) is 5.32 Å². The van der Waals surface area contributed by atoms with E-state index < -0.39 is 0 Å². The SMILES string of the molecule is Cc1ccc(CN[C@H]2CCCC[C@@H]2O)cc1. The van der Waals surface area contributed by atoms with Crippen LogP contribution in [0.3, 0.4) is 0 Å². The van der Waals surface area contributed by atoms with E-state index >= 15 is 0 Å². The molecule has 1 aromatic carbocycles.